The fourth-order valence-corrected chi connectivity index (χ4v) is 4.76. The van der Waals surface area contributed by atoms with E-state index in [1.807, 2.05) is 42.5 Å². The summed E-state index contributed by atoms with van der Waals surface area (Å²) >= 11 is 0. The van der Waals surface area contributed by atoms with Crippen molar-refractivity contribution in [2.75, 3.05) is 20.2 Å². The number of H-pyrrole nitrogens is 1. The Bertz CT molecular complexity index is 1360. The van der Waals surface area contributed by atoms with Crippen LogP contribution in [-0.2, 0) is 13.0 Å². The smallest absolute Gasteiger partial charge is 0.253 e. The lowest BCUT2D eigenvalue weighted by atomic mass is 9.98. The Morgan fingerprint density at radius 3 is 2.57 bits per heavy atom. The molecule has 0 amide bonds. The van der Waals surface area contributed by atoms with E-state index in [0.717, 1.165) is 28.6 Å². The predicted octanol–water partition coefficient (Wildman–Crippen LogP) is 2.68. The molecule has 0 spiro atoms. The number of fused-ring (bicyclic) bond motifs is 1. The van der Waals surface area contributed by atoms with E-state index in [-0.39, 0.29) is 11.7 Å². The van der Waals surface area contributed by atoms with Crippen LogP contribution in [0.15, 0.2) is 53.3 Å². The summed E-state index contributed by atoms with van der Waals surface area (Å²) in [6.07, 6.45) is 1.87. The second-order valence-electron chi connectivity index (χ2n) is 9.04. The van der Waals surface area contributed by atoms with Gasteiger partial charge in [0.1, 0.15) is 11.8 Å². The molecule has 2 aromatic carbocycles. The van der Waals surface area contributed by atoms with Crippen LogP contribution in [0.3, 0.4) is 0 Å². The minimum Gasteiger partial charge on any atom is -0.497 e. The summed E-state index contributed by atoms with van der Waals surface area (Å²) in [5.74, 6) is 1.39. The van der Waals surface area contributed by atoms with Crippen molar-refractivity contribution < 1.29 is 9.84 Å². The second kappa shape index (κ2) is 9.97. The average Bonchev–Trinajstić information content (AvgIpc) is 3.33. The highest BCUT2D eigenvalue weighted by Gasteiger charge is 2.32. The van der Waals surface area contributed by atoms with Crippen LogP contribution in [0, 0.1) is 0 Å². The van der Waals surface area contributed by atoms with Crippen LogP contribution in [-0.4, -0.2) is 61.5 Å². The highest BCUT2D eigenvalue weighted by atomic mass is 16.5. The van der Waals surface area contributed by atoms with E-state index in [9.17, 15) is 9.90 Å². The van der Waals surface area contributed by atoms with E-state index < -0.39 is 6.04 Å². The summed E-state index contributed by atoms with van der Waals surface area (Å²) in [6.45, 7) is 3.87. The van der Waals surface area contributed by atoms with Crippen molar-refractivity contribution >= 4 is 10.9 Å². The first-order valence-corrected chi connectivity index (χ1v) is 12.0. The Morgan fingerprint density at radius 2 is 1.86 bits per heavy atom. The van der Waals surface area contributed by atoms with E-state index in [1.54, 1.807) is 11.8 Å². The summed E-state index contributed by atoms with van der Waals surface area (Å²) in [5, 5.41) is 23.7. The van der Waals surface area contributed by atoms with E-state index >= 15 is 0 Å². The maximum absolute atomic E-state index is 13.3. The number of nitrogens with zero attached hydrogens (tertiary/aromatic N) is 5. The van der Waals surface area contributed by atoms with E-state index in [0.29, 0.717) is 43.9 Å². The molecule has 0 bridgehead atoms. The summed E-state index contributed by atoms with van der Waals surface area (Å²) in [4.78, 5) is 18.6. The second-order valence-corrected chi connectivity index (χ2v) is 9.04. The third-order valence-corrected chi connectivity index (χ3v) is 6.80. The number of hydrogen-bond acceptors (Lipinski definition) is 7. The molecule has 5 rings (SSSR count). The summed E-state index contributed by atoms with van der Waals surface area (Å²) in [5.41, 5.74) is 3.48. The molecule has 0 saturated carbocycles. The number of aromatic nitrogens is 5. The summed E-state index contributed by atoms with van der Waals surface area (Å²) < 4.78 is 7.02. The number of methoxy groups -OCH3 is 1. The van der Waals surface area contributed by atoms with Crippen LogP contribution in [0.4, 0.5) is 0 Å². The number of likely N-dealkylation sites (tertiary alicyclic amines) is 1. The molecule has 9 nitrogen and oxygen atoms in total. The first-order valence-electron chi connectivity index (χ1n) is 12.0. The van der Waals surface area contributed by atoms with Gasteiger partial charge in [-0.25, -0.2) is 4.68 Å². The van der Waals surface area contributed by atoms with Crippen molar-refractivity contribution in [3.05, 3.63) is 81.4 Å². The SMILES string of the molecule is CCc1ccc2[nH]c(=O)c(C(c3nnnn3Cc3ccc(OC)cc3)N3CCC(O)CC3)cc2c1. The fourth-order valence-electron chi connectivity index (χ4n) is 4.76. The lowest BCUT2D eigenvalue weighted by Gasteiger charge is -2.35. The zero-order chi connectivity index (χ0) is 24.4. The molecular formula is C26H30N6O3. The van der Waals surface area contributed by atoms with Crippen molar-refractivity contribution in [3.8, 4) is 5.75 Å². The molecule has 1 atom stereocenters. The van der Waals surface area contributed by atoms with E-state index in [2.05, 4.69) is 38.4 Å². The number of aryl methyl sites for hydroxylation is 1. The normalized spacial score (nSPS) is 16.0. The molecule has 182 valence electrons. The highest BCUT2D eigenvalue weighted by molar-refractivity contribution is 5.80. The third-order valence-electron chi connectivity index (χ3n) is 6.80. The number of hydrogen-bond donors (Lipinski definition) is 2. The number of aliphatic hydroxyl groups is 1. The number of ether oxygens (including phenoxy) is 1. The average molecular weight is 475 g/mol. The van der Waals surface area contributed by atoms with Crippen molar-refractivity contribution in [1.29, 1.82) is 0 Å². The minimum absolute atomic E-state index is 0.156. The molecule has 35 heavy (non-hydrogen) atoms. The standard InChI is InChI=1S/C26H30N6O3/c1-3-17-6-9-23-19(14-17)15-22(26(34)27-23)24(31-12-10-20(33)11-13-31)25-28-29-30-32(25)16-18-4-7-21(35-2)8-5-18/h4-9,14-15,20,24,33H,3,10-13,16H2,1-2H3,(H,27,34). The number of pyridine rings is 1. The van der Waals surface area contributed by atoms with Gasteiger partial charge in [0.25, 0.3) is 5.56 Å². The van der Waals surface area contributed by atoms with Gasteiger partial charge in [-0.15, -0.1) is 5.10 Å². The van der Waals surface area contributed by atoms with Crippen LogP contribution in [0.5, 0.6) is 5.75 Å². The van der Waals surface area contributed by atoms with Gasteiger partial charge in [0.2, 0.25) is 0 Å². The molecule has 2 N–H and O–H groups in total. The number of nitrogens with one attached hydrogen (secondary N) is 1. The van der Waals surface area contributed by atoms with Gasteiger partial charge < -0.3 is 14.8 Å². The van der Waals surface area contributed by atoms with Gasteiger partial charge in [-0.3, -0.25) is 9.69 Å². The minimum atomic E-state index is -0.436. The molecule has 2 aromatic heterocycles. The van der Waals surface area contributed by atoms with Crippen molar-refractivity contribution in [2.24, 2.45) is 0 Å². The molecule has 1 fully saturated rings. The predicted molar refractivity (Wildman–Crippen MR) is 133 cm³/mol. The van der Waals surface area contributed by atoms with E-state index in [1.165, 1.54) is 5.56 Å². The Morgan fingerprint density at radius 1 is 1.11 bits per heavy atom. The number of tetrazole rings is 1. The molecule has 1 saturated heterocycles. The topological polar surface area (TPSA) is 109 Å². The maximum Gasteiger partial charge on any atom is 0.253 e. The largest absolute Gasteiger partial charge is 0.497 e. The number of piperidine rings is 1. The fraction of sp³-hybridized carbons (Fsp3) is 0.385. The lowest BCUT2D eigenvalue weighted by molar-refractivity contribution is 0.0659. The lowest BCUT2D eigenvalue weighted by Crippen LogP contribution is -2.41. The summed E-state index contributed by atoms with van der Waals surface area (Å²) in [7, 11) is 1.64. The first-order chi connectivity index (χ1) is 17.1. The number of aromatic amines is 1. The van der Waals surface area contributed by atoms with Gasteiger partial charge in [0.15, 0.2) is 5.82 Å². The quantitative estimate of drug-likeness (QED) is 0.424. The van der Waals surface area contributed by atoms with Crippen LogP contribution >= 0.6 is 0 Å². The molecule has 1 aliphatic rings. The van der Waals surface area contributed by atoms with Gasteiger partial charge in [-0.1, -0.05) is 25.1 Å². The molecule has 1 aliphatic heterocycles. The van der Waals surface area contributed by atoms with Crippen LogP contribution < -0.4 is 10.3 Å². The van der Waals surface area contributed by atoms with Gasteiger partial charge in [0.05, 0.1) is 19.8 Å². The van der Waals surface area contributed by atoms with Gasteiger partial charge in [-0.2, -0.15) is 0 Å². The molecule has 9 heteroatoms. The maximum atomic E-state index is 13.3. The Kier molecular flexibility index (Phi) is 6.61. The third kappa shape index (κ3) is 4.82. The molecule has 1 unspecified atom stereocenters. The highest BCUT2D eigenvalue weighted by Crippen LogP contribution is 2.30. The Labute approximate surface area is 203 Å². The molecule has 4 aromatic rings. The van der Waals surface area contributed by atoms with Gasteiger partial charge in [-0.05, 0) is 76.5 Å². The number of benzene rings is 2. The Balaban J connectivity index is 1.58. The van der Waals surface area contributed by atoms with Gasteiger partial charge >= 0.3 is 0 Å². The monoisotopic (exact) mass is 474 g/mol. The Hall–Kier alpha value is -3.56. The molecular weight excluding hydrogens is 444 g/mol. The van der Waals surface area contributed by atoms with Crippen molar-refractivity contribution in [2.45, 2.75) is 44.9 Å². The molecule has 3 heterocycles. The van der Waals surface area contributed by atoms with E-state index in [4.69, 9.17) is 4.74 Å². The van der Waals surface area contributed by atoms with Crippen LogP contribution in [0.1, 0.15) is 48.3 Å². The van der Waals surface area contributed by atoms with Gasteiger partial charge in [0, 0.05) is 24.2 Å². The number of rotatable bonds is 7. The van der Waals surface area contributed by atoms with Crippen molar-refractivity contribution in [1.82, 2.24) is 30.1 Å². The first kappa shape index (κ1) is 23.2. The molecule has 0 radical (unpaired) electrons. The zero-order valence-electron chi connectivity index (χ0n) is 20.0. The van der Waals surface area contributed by atoms with Crippen LogP contribution in [0.2, 0.25) is 0 Å². The van der Waals surface area contributed by atoms with Crippen LogP contribution in [0.25, 0.3) is 10.9 Å². The number of aliphatic hydroxyl groups excluding tert-OH is 1. The van der Waals surface area contributed by atoms with Crippen molar-refractivity contribution in [3.63, 3.8) is 0 Å². The molecule has 0 aliphatic carbocycles. The summed E-state index contributed by atoms with van der Waals surface area (Å²) in [6, 6.07) is 15.4. The zero-order valence-corrected chi connectivity index (χ0v) is 20.0.